The molecule has 0 aliphatic carbocycles. The van der Waals surface area contributed by atoms with Crippen molar-refractivity contribution >= 4 is 22.8 Å². The minimum atomic E-state index is 0.00367. The monoisotopic (exact) mass is 263 g/mol. The van der Waals surface area contributed by atoms with Crippen LogP contribution in [-0.2, 0) is 4.79 Å². The number of hydrogen-bond acceptors (Lipinski definition) is 4. The third-order valence-electron chi connectivity index (χ3n) is 2.60. The first kappa shape index (κ1) is 13.0. The lowest BCUT2D eigenvalue weighted by Gasteiger charge is -2.09. The van der Waals surface area contributed by atoms with Gasteiger partial charge in [0, 0.05) is 6.54 Å². The van der Waals surface area contributed by atoms with Crippen molar-refractivity contribution in [2.24, 2.45) is 4.99 Å². The van der Waals surface area contributed by atoms with Crippen LogP contribution in [0, 0.1) is 0 Å². The maximum absolute atomic E-state index is 11.3. The summed E-state index contributed by atoms with van der Waals surface area (Å²) in [5.74, 6) is 0.00367. The Morgan fingerprint density at radius 3 is 2.94 bits per heavy atom. The average Bonchev–Trinajstić information content (AvgIpc) is 2.87. The van der Waals surface area contributed by atoms with Crippen LogP contribution < -0.4 is 10.6 Å². The van der Waals surface area contributed by atoms with Crippen molar-refractivity contribution in [1.82, 2.24) is 10.6 Å². The molecular weight excluding hydrogens is 246 g/mol. The second kappa shape index (κ2) is 6.44. The molecule has 0 spiro atoms. The zero-order valence-corrected chi connectivity index (χ0v) is 11.2. The molecule has 1 aliphatic rings. The fraction of sp³-hybridized carbons (Fsp3) is 0.385. The molecule has 0 radical (unpaired) electrons. The largest absolute Gasteiger partial charge is 0.356 e. The van der Waals surface area contributed by atoms with Crippen LogP contribution in [-0.4, -0.2) is 30.7 Å². The molecule has 96 valence electrons. The minimum absolute atomic E-state index is 0.00367. The second-order valence-electron chi connectivity index (χ2n) is 3.97. The van der Waals surface area contributed by atoms with Gasteiger partial charge in [0.1, 0.15) is 0 Å². The number of hydrogen-bond donors (Lipinski definition) is 2. The van der Waals surface area contributed by atoms with E-state index >= 15 is 0 Å². The van der Waals surface area contributed by atoms with E-state index in [2.05, 4.69) is 27.8 Å². The van der Waals surface area contributed by atoms with Crippen LogP contribution in [0.25, 0.3) is 0 Å². The van der Waals surface area contributed by atoms with Crippen LogP contribution in [0.1, 0.15) is 17.7 Å². The highest BCUT2D eigenvalue weighted by atomic mass is 32.2. The van der Waals surface area contributed by atoms with Gasteiger partial charge >= 0.3 is 0 Å². The molecule has 5 heteroatoms. The minimum Gasteiger partial charge on any atom is -0.356 e. The fourth-order valence-electron chi connectivity index (χ4n) is 1.73. The standard InChI is InChI=1S/C13H17N3OS/c1-2-14-12(17)9-16-13-15-8-11(18-13)10-6-4-3-5-7-10/h3-7,11H,2,8-9H2,1H3,(H,14,17)(H,15,16). The predicted octanol–water partition coefficient (Wildman–Crippen LogP) is 1.56. The van der Waals surface area contributed by atoms with Crippen LogP contribution in [0.15, 0.2) is 35.3 Å². The van der Waals surface area contributed by atoms with Gasteiger partial charge in [-0.25, -0.2) is 0 Å². The number of likely N-dealkylation sites (N-methyl/N-ethyl adjacent to an activating group) is 1. The third kappa shape index (κ3) is 3.50. The normalized spacial score (nSPS) is 18.3. The highest BCUT2D eigenvalue weighted by Gasteiger charge is 2.21. The number of benzene rings is 1. The Balaban J connectivity index is 1.80. The molecule has 0 fully saturated rings. The zero-order chi connectivity index (χ0) is 12.8. The van der Waals surface area contributed by atoms with Crippen molar-refractivity contribution in [2.45, 2.75) is 12.2 Å². The molecule has 1 aromatic carbocycles. The molecular formula is C13H17N3OS. The summed E-state index contributed by atoms with van der Waals surface area (Å²) in [6, 6.07) is 10.3. The highest BCUT2D eigenvalue weighted by Crippen LogP contribution is 2.33. The Hall–Kier alpha value is -1.49. The molecule has 2 N–H and O–H groups in total. The Bertz CT molecular complexity index is 433. The van der Waals surface area contributed by atoms with Crippen molar-refractivity contribution in [2.75, 3.05) is 19.6 Å². The summed E-state index contributed by atoms with van der Waals surface area (Å²) in [4.78, 5) is 15.7. The van der Waals surface area contributed by atoms with Crippen molar-refractivity contribution in [3.8, 4) is 0 Å². The molecule has 0 bridgehead atoms. The van der Waals surface area contributed by atoms with Crippen LogP contribution in [0.2, 0.25) is 0 Å². The fourth-order valence-corrected chi connectivity index (χ4v) is 2.75. The molecule has 1 aliphatic heterocycles. The molecule has 0 aromatic heterocycles. The number of aliphatic imine (C=N–C) groups is 1. The molecule has 1 atom stereocenters. The smallest absolute Gasteiger partial charge is 0.239 e. The van der Waals surface area contributed by atoms with E-state index in [0.29, 0.717) is 18.3 Å². The summed E-state index contributed by atoms with van der Waals surface area (Å²) in [5.41, 5.74) is 1.28. The number of rotatable bonds is 4. The summed E-state index contributed by atoms with van der Waals surface area (Å²) in [5, 5.41) is 7.03. The lowest BCUT2D eigenvalue weighted by Crippen LogP contribution is -2.35. The van der Waals surface area contributed by atoms with Crippen molar-refractivity contribution < 1.29 is 4.79 Å². The lowest BCUT2D eigenvalue weighted by atomic mass is 10.1. The van der Waals surface area contributed by atoms with E-state index < -0.39 is 0 Å². The molecule has 2 rings (SSSR count). The maximum Gasteiger partial charge on any atom is 0.239 e. The lowest BCUT2D eigenvalue weighted by molar-refractivity contribution is -0.119. The molecule has 18 heavy (non-hydrogen) atoms. The maximum atomic E-state index is 11.3. The average molecular weight is 263 g/mol. The number of carbonyl (C=O) groups excluding carboxylic acids is 1. The number of carbonyl (C=O) groups is 1. The van der Waals surface area contributed by atoms with Crippen LogP contribution in [0.5, 0.6) is 0 Å². The first-order chi connectivity index (χ1) is 8.79. The topological polar surface area (TPSA) is 53.5 Å². The van der Waals surface area contributed by atoms with E-state index in [1.807, 2.05) is 25.1 Å². The van der Waals surface area contributed by atoms with Gasteiger partial charge in [-0.2, -0.15) is 0 Å². The third-order valence-corrected chi connectivity index (χ3v) is 3.80. The Labute approximate surface area is 111 Å². The van der Waals surface area contributed by atoms with Gasteiger partial charge in [0.15, 0.2) is 5.17 Å². The molecule has 1 amide bonds. The van der Waals surface area contributed by atoms with Gasteiger partial charge in [0.25, 0.3) is 0 Å². The highest BCUT2D eigenvalue weighted by molar-refractivity contribution is 8.14. The van der Waals surface area contributed by atoms with E-state index in [-0.39, 0.29) is 5.91 Å². The van der Waals surface area contributed by atoms with E-state index in [1.54, 1.807) is 11.8 Å². The molecule has 0 saturated carbocycles. The second-order valence-corrected chi connectivity index (χ2v) is 5.16. The zero-order valence-electron chi connectivity index (χ0n) is 10.3. The molecule has 4 nitrogen and oxygen atoms in total. The summed E-state index contributed by atoms with van der Waals surface area (Å²) in [6.45, 7) is 3.63. The Morgan fingerprint density at radius 1 is 1.44 bits per heavy atom. The van der Waals surface area contributed by atoms with E-state index in [0.717, 1.165) is 11.7 Å². The predicted molar refractivity (Wildman–Crippen MR) is 75.8 cm³/mol. The van der Waals surface area contributed by atoms with Crippen molar-refractivity contribution in [1.29, 1.82) is 0 Å². The molecule has 1 heterocycles. The number of nitrogens with one attached hydrogen (secondary N) is 2. The van der Waals surface area contributed by atoms with Crippen molar-refractivity contribution in [3.63, 3.8) is 0 Å². The summed E-state index contributed by atoms with van der Waals surface area (Å²) >= 11 is 1.68. The molecule has 0 saturated heterocycles. The summed E-state index contributed by atoms with van der Waals surface area (Å²) < 4.78 is 0. The van der Waals surface area contributed by atoms with Gasteiger partial charge in [0.05, 0.1) is 18.3 Å². The molecule has 1 unspecified atom stereocenters. The quantitative estimate of drug-likeness (QED) is 0.866. The number of amides is 1. The van der Waals surface area contributed by atoms with Gasteiger partial charge < -0.3 is 10.6 Å². The van der Waals surface area contributed by atoms with Crippen LogP contribution in [0.4, 0.5) is 0 Å². The van der Waals surface area contributed by atoms with E-state index in [1.165, 1.54) is 5.56 Å². The number of nitrogens with zero attached hydrogens (tertiary/aromatic N) is 1. The van der Waals surface area contributed by atoms with Gasteiger partial charge in [-0.1, -0.05) is 42.1 Å². The first-order valence-corrected chi connectivity index (χ1v) is 6.94. The summed E-state index contributed by atoms with van der Waals surface area (Å²) in [7, 11) is 0. The number of thioether (sulfide) groups is 1. The van der Waals surface area contributed by atoms with E-state index in [9.17, 15) is 4.79 Å². The first-order valence-electron chi connectivity index (χ1n) is 6.06. The van der Waals surface area contributed by atoms with Crippen LogP contribution in [0.3, 0.4) is 0 Å². The van der Waals surface area contributed by atoms with Gasteiger partial charge in [0.2, 0.25) is 5.91 Å². The number of amidine groups is 1. The van der Waals surface area contributed by atoms with Crippen LogP contribution >= 0.6 is 11.8 Å². The van der Waals surface area contributed by atoms with E-state index in [4.69, 9.17) is 0 Å². The van der Waals surface area contributed by atoms with Gasteiger partial charge in [-0.3, -0.25) is 9.79 Å². The SMILES string of the molecule is CCNC(=O)CNC1=NCC(c2ccccc2)S1. The van der Waals surface area contributed by atoms with Crippen molar-refractivity contribution in [3.05, 3.63) is 35.9 Å². The summed E-state index contributed by atoms with van der Waals surface area (Å²) in [6.07, 6.45) is 0. The molecule has 1 aromatic rings. The van der Waals surface area contributed by atoms with Gasteiger partial charge in [-0.05, 0) is 12.5 Å². The van der Waals surface area contributed by atoms with Gasteiger partial charge in [-0.15, -0.1) is 0 Å². The Morgan fingerprint density at radius 2 is 2.22 bits per heavy atom. The Kier molecular flexibility index (Phi) is 4.64.